The van der Waals surface area contributed by atoms with Crippen molar-refractivity contribution < 1.29 is 19.1 Å². The monoisotopic (exact) mass is 273 g/mol. The summed E-state index contributed by atoms with van der Waals surface area (Å²) >= 11 is 0. The number of phenolic OH excluding ortho intramolecular Hbond substituents is 1. The van der Waals surface area contributed by atoms with E-state index in [4.69, 9.17) is 0 Å². The zero-order chi connectivity index (χ0) is 14.7. The van der Waals surface area contributed by atoms with E-state index in [1.807, 2.05) is 0 Å². The maximum Gasteiger partial charge on any atom is 0.262 e. The molecule has 2 aromatic rings. The van der Waals surface area contributed by atoms with Gasteiger partial charge in [0.25, 0.3) is 5.91 Å². The van der Waals surface area contributed by atoms with Crippen molar-refractivity contribution in [3.63, 3.8) is 0 Å². The van der Waals surface area contributed by atoms with Crippen molar-refractivity contribution >= 4 is 17.4 Å². The van der Waals surface area contributed by atoms with Gasteiger partial charge in [0.1, 0.15) is 17.1 Å². The number of benzene rings is 2. The first-order valence-electron chi connectivity index (χ1n) is 5.89. The minimum atomic E-state index is -0.803. The molecule has 2 N–H and O–H groups in total. The van der Waals surface area contributed by atoms with E-state index in [1.54, 1.807) is 12.1 Å². The molecular formula is C15H12FNO3. The molecule has 102 valence electrons. The van der Waals surface area contributed by atoms with Gasteiger partial charge in [-0.3, -0.25) is 9.59 Å². The smallest absolute Gasteiger partial charge is 0.262 e. The number of hydrogen-bond donors (Lipinski definition) is 2. The van der Waals surface area contributed by atoms with Crippen LogP contribution in [-0.4, -0.2) is 16.8 Å². The van der Waals surface area contributed by atoms with Crippen LogP contribution in [0.2, 0.25) is 0 Å². The molecule has 2 aromatic carbocycles. The van der Waals surface area contributed by atoms with Crippen molar-refractivity contribution in [1.29, 1.82) is 0 Å². The molecule has 0 aliphatic rings. The fraction of sp³-hybridized carbons (Fsp3) is 0.0667. The average Bonchev–Trinajstić information content (AvgIpc) is 2.39. The quantitative estimate of drug-likeness (QED) is 0.845. The second-order valence-electron chi connectivity index (χ2n) is 4.22. The summed E-state index contributed by atoms with van der Waals surface area (Å²) in [6.45, 7) is 1.44. The summed E-state index contributed by atoms with van der Waals surface area (Å²) in [6, 6.07) is 9.81. The molecule has 0 aliphatic heterocycles. The van der Waals surface area contributed by atoms with Gasteiger partial charge in [0, 0.05) is 11.3 Å². The Hall–Kier alpha value is -2.69. The Morgan fingerprint density at radius 1 is 1.10 bits per heavy atom. The average molecular weight is 273 g/mol. The van der Waals surface area contributed by atoms with Crippen LogP contribution >= 0.6 is 0 Å². The number of Topliss-reactive ketones (excluding diaryl/α,β-unsaturated/α-hetero) is 1. The maximum absolute atomic E-state index is 13.5. The molecule has 0 unspecified atom stereocenters. The molecule has 0 saturated carbocycles. The number of phenols is 1. The van der Waals surface area contributed by atoms with Gasteiger partial charge in [0.2, 0.25) is 0 Å². The van der Waals surface area contributed by atoms with Crippen molar-refractivity contribution in [2.24, 2.45) is 0 Å². The Bertz CT molecular complexity index is 645. The van der Waals surface area contributed by atoms with Crippen LogP contribution < -0.4 is 5.32 Å². The van der Waals surface area contributed by atoms with E-state index in [-0.39, 0.29) is 5.78 Å². The zero-order valence-electron chi connectivity index (χ0n) is 10.7. The second-order valence-corrected chi connectivity index (χ2v) is 4.22. The van der Waals surface area contributed by atoms with Gasteiger partial charge >= 0.3 is 0 Å². The fourth-order valence-corrected chi connectivity index (χ4v) is 1.72. The molecule has 0 saturated heterocycles. The first kappa shape index (κ1) is 13.7. The third-order valence-corrected chi connectivity index (χ3v) is 2.77. The van der Waals surface area contributed by atoms with Gasteiger partial charge in [-0.05, 0) is 43.3 Å². The number of nitrogens with one attached hydrogen (secondary N) is 1. The van der Waals surface area contributed by atoms with Gasteiger partial charge in [0.05, 0.1) is 0 Å². The van der Waals surface area contributed by atoms with Crippen LogP contribution in [-0.2, 0) is 0 Å². The van der Waals surface area contributed by atoms with Crippen LogP contribution in [0.4, 0.5) is 10.1 Å². The molecule has 4 nitrogen and oxygen atoms in total. The van der Waals surface area contributed by atoms with Crippen LogP contribution in [0.15, 0.2) is 42.5 Å². The summed E-state index contributed by atoms with van der Waals surface area (Å²) in [6.07, 6.45) is 0. The number of anilines is 1. The Balaban J connectivity index is 2.21. The Morgan fingerprint density at radius 2 is 1.75 bits per heavy atom. The van der Waals surface area contributed by atoms with E-state index in [2.05, 4.69) is 5.32 Å². The van der Waals surface area contributed by atoms with Gasteiger partial charge in [-0.2, -0.15) is 0 Å². The molecular weight excluding hydrogens is 261 g/mol. The van der Waals surface area contributed by atoms with Gasteiger partial charge < -0.3 is 10.4 Å². The van der Waals surface area contributed by atoms with Crippen LogP contribution in [0, 0.1) is 5.82 Å². The summed E-state index contributed by atoms with van der Waals surface area (Å²) in [5, 5.41) is 12.0. The highest BCUT2D eigenvalue weighted by atomic mass is 19.1. The molecule has 1 amide bonds. The summed E-state index contributed by atoms with van der Waals surface area (Å²) in [5.74, 6) is -2.07. The lowest BCUT2D eigenvalue weighted by molar-refractivity contribution is 0.101. The number of aromatic hydroxyl groups is 1. The van der Waals surface area contributed by atoms with Crippen molar-refractivity contribution in [2.75, 3.05) is 5.32 Å². The van der Waals surface area contributed by atoms with Crippen LogP contribution in [0.25, 0.3) is 0 Å². The molecule has 5 heteroatoms. The number of halogens is 1. The summed E-state index contributed by atoms with van der Waals surface area (Å²) < 4.78 is 13.5. The van der Waals surface area contributed by atoms with Crippen molar-refractivity contribution in [2.45, 2.75) is 6.92 Å². The van der Waals surface area contributed by atoms with Crippen molar-refractivity contribution in [3.8, 4) is 5.75 Å². The standard InChI is InChI=1S/C15H12FNO3/c1-9(18)10-5-7-11(8-6-10)17-15(20)14-12(16)3-2-4-13(14)19/h2-8,19H,1H3,(H,17,20). The molecule has 20 heavy (non-hydrogen) atoms. The second kappa shape index (κ2) is 5.52. The molecule has 0 atom stereocenters. The third kappa shape index (κ3) is 2.83. The number of rotatable bonds is 3. The van der Waals surface area contributed by atoms with Gasteiger partial charge in [-0.1, -0.05) is 6.07 Å². The lowest BCUT2D eigenvalue weighted by Crippen LogP contribution is -2.14. The van der Waals surface area contributed by atoms with E-state index in [0.717, 1.165) is 6.07 Å². The third-order valence-electron chi connectivity index (χ3n) is 2.77. The zero-order valence-corrected chi connectivity index (χ0v) is 10.7. The molecule has 0 heterocycles. The number of carbonyl (C=O) groups excluding carboxylic acids is 2. The molecule has 0 bridgehead atoms. The minimum Gasteiger partial charge on any atom is -0.507 e. The first-order valence-corrected chi connectivity index (χ1v) is 5.89. The summed E-state index contributed by atoms with van der Waals surface area (Å²) in [4.78, 5) is 23.0. The molecule has 2 rings (SSSR count). The highest BCUT2D eigenvalue weighted by molar-refractivity contribution is 6.06. The van der Waals surface area contributed by atoms with E-state index in [0.29, 0.717) is 11.3 Å². The molecule has 0 radical (unpaired) electrons. The Labute approximate surface area is 114 Å². The minimum absolute atomic E-state index is 0.0883. The van der Waals surface area contributed by atoms with Crippen molar-refractivity contribution in [1.82, 2.24) is 0 Å². The van der Waals surface area contributed by atoms with E-state index in [1.165, 1.54) is 31.2 Å². The van der Waals surface area contributed by atoms with E-state index < -0.39 is 23.0 Å². The highest BCUT2D eigenvalue weighted by Gasteiger charge is 2.16. The Morgan fingerprint density at radius 3 is 2.30 bits per heavy atom. The number of ketones is 1. The van der Waals surface area contributed by atoms with Crippen molar-refractivity contribution in [3.05, 3.63) is 59.4 Å². The molecule has 0 spiro atoms. The molecule has 0 aromatic heterocycles. The predicted molar refractivity (Wildman–Crippen MR) is 72.5 cm³/mol. The van der Waals surface area contributed by atoms with Gasteiger partial charge in [-0.25, -0.2) is 4.39 Å². The normalized spacial score (nSPS) is 10.1. The van der Waals surface area contributed by atoms with Gasteiger partial charge in [-0.15, -0.1) is 0 Å². The molecule has 0 fully saturated rings. The lowest BCUT2D eigenvalue weighted by Gasteiger charge is -2.08. The number of amides is 1. The first-order chi connectivity index (χ1) is 9.49. The van der Waals surface area contributed by atoms with Gasteiger partial charge in [0.15, 0.2) is 5.78 Å². The number of hydrogen-bond acceptors (Lipinski definition) is 3. The van der Waals surface area contributed by atoms with E-state index >= 15 is 0 Å². The summed E-state index contributed by atoms with van der Waals surface area (Å²) in [7, 11) is 0. The highest BCUT2D eigenvalue weighted by Crippen LogP contribution is 2.21. The predicted octanol–water partition coefficient (Wildman–Crippen LogP) is 2.99. The SMILES string of the molecule is CC(=O)c1ccc(NC(=O)c2c(O)cccc2F)cc1. The fourth-order valence-electron chi connectivity index (χ4n) is 1.72. The lowest BCUT2D eigenvalue weighted by atomic mass is 10.1. The summed E-state index contributed by atoms with van der Waals surface area (Å²) in [5.41, 5.74) is 0.502. The van der Waals surface area contributed by atoms with Crippen LogP contribution in [0.5, 0.6) is 5.75 Å². The maximum atomic E-state index is 13.5. The molecule has 0 aliphatic carbocycles. The van der Waals surface area contributed by atoms with Crippen LogP contribution in [0.3, 0.4) is 0 Å². The largest absolute Gasteiger partial charge is 0.507 e. The number of carbonyl (C=O) groups is 2. The topological polar surface area (TPSA) is 66.4 Å². The van der Waals surface area contributed by atoms with E-state index in [9.17, 15) is 19.1 Å². The van der Waals surface area contributed by atoms with Crippen LogP contribution in [0.1, 0.15) is 27.6 Å². The Kier molecular flexibility index (Phi) is 3.79.